The molecule has 1 fully saturated rings. The Balaban J connectivity index is 2.34. The van der Waals surface area contributed by atoms with Gasteiger partial charge in [-0.3, -0.25) is 4.79 Å². The summed E-state index contributed by atoms with van der Waals surface area (Å²) in [6, 6.07) is 6.05. The number of hydrogen-bond donors (Lipinski definition) is 1. The molecule has 0 saturated heterocycles. The summed E-state index contributed by atoms with van der Waals surface area (Å²) in [7, 11) is 0. The van der Waals surface area contributed by atoms with Crippen LogP contribution >= 0.6 is 0 Å². The van der Waals surface area contributed by atoms with E-state index in [2.05, 4.69) is 0 Å². The van der Waals surface area contributed by atoms with Crippen molar-refractivity contribution >= 4 is 11.9 Å². The van der Waals surface area contributed by atoms with Crippen molar-refractivity contribution < 1.29 is 19.4 Å². The highest BCUT2D eigenvalue weighted by molar-refractivity contribution is 5.84. The maximum Gasteiger partial charge on any atom is 0.331 e. The highest BCUT2D eigenvalue weighted by atomic mass is 16.5. The van der Waals surface area contributed by atoms with Crippen molar-refractivity contribution in [2.24, 2.45) is 0 Å². The van der Waals surface area contributed by atoms with Gasteiger partial charge in [0.15, 0.2) is 6.04 Å². The van der Waals surface area contributed by atoms with Crippen LogP contribution in [0.15, 0.2) is 24.3 Å². The Morgan fingerprint density at radius 1 is 1.45 bits per heavy atom. The molecule has 1 aliphatic rings. The van der Waals surface area contributed by atoms with Crippen molar-refractivity contribution in [3.63, 3.8) is 0 Å². The summed E-state index contributed by atoms with van der Waals surface area (Å²) < 4.78 is 5.40. The number of carboxylic acids is 1. The predicted molar refractivity (Wildman–Crippen MR) is 73.5 cm³/mol. The van der Waals surface area contributed by atoms with Gasteiger partial charge in [-0.2, -0.15) is 0 Å². The van der Waals surface area contributed by atoms with Crippen LogP contribution in [0.1, 0.15) is 38.3 Å². The maximum absolute atomic E-state index is 11.8. The standard InChI is InChI=1S/C15H19NO4/c1-3-20-13-6-4-5-11(9-13)14(15(18)19)16(10(2)17)12-7-8-12/h4-6,9,12,14H,3,7-8H2,1-2H3,(H,18,19). The first-order valence-electron chi connectivity index (χ1n) is 6.79. The molecule has 1 unspecified atom stereocenters. The summed E-state index contributed by atoms with van der Waals surface area (Å²) in [5, 5.41) is 9.51. The van der Waals surface area contributed by atoms with E-state index < -0.39 is 12.0 Å². The van der Waals surface area contributed by atoms with Crippen molar-refractivity contribution in [1.82, 2.24) is 4.90 Å². The molecule has 1 aliphatic carbocycles. The van der Waals surface area contributed by atoms with Gasteiger partial charge in [-0.15, -0.1) is 0 Å². The number of nitrogens with zero attached hydrogens (tertiary/aromatic N) is 1. The van der Waals surface area contributed by atoms with Gasteiger partial charge < -0.3 is 14.7 Å². The van der Waals surface area contributed by atoms with Gasteiger partial charge >= 0.3 is 5.97 Å². The molecule has 1 amide bonds. The van der Waals surface area contributed by atoms with Crippen molar-refractivity contribution in [1.29, 1.82) is 0 Å². The average Bonchev–Trinajstić information content (AvgIpc) is 3.19. The Morgan fingerprint density at radius 3 is 2.65 bits per heavy atom. The molecule has 1 saturated carbocycles. The molecule has 5 heteroatoms. The van der Waals surface area contributed by atoms with Crippen LogP contribution in [0.5, 0.6) is 5.75 Å². The van der Waals surface area contributed by atoms with Crippen LogP contribution in [0.2, 0.25) is 0 Å². The predicted octanol–water partition coefficient (Wildman–Crippen LogP) is 2.22. The number of hydrogen-bond acceptors (Lipinski definition) is 3. The minimum absolute atomic E-state index is 0.0457. The fourth-order valence-corrected chi connectivity index (χ4v) is 2.37. The van der Waals surface area contributed by atoms with Gasteiger partial charge in [0.25, 0.3) is 0 Å². The number of aliphatic carboxylic acids is 1. The summed E-state index contributed by atoms with van der Waals surface area (Å²) in [6.45, 7) is 3.80. The fourth-order valence-electron chi connectivity index (χ4n) is 2.37. The van der Waals surface area contributed by atoms with Crippen LogP contribution in [0, 0.1) is 0 Å². The Kier molecular flexibility index (Phi) is 4.27. The molecule has 0 spiro atoms. The topological polar surface area (TPSA) is 66.8 Å². The molecule has 0 aromatic heterocycles. The van der Waals surface area contributed by atoms with Gasteiger partial charge in [0.2, 0.25) is 5.91 Å². The molecule has 0 bridgehead atoms. The van der Waals surface area contributed by atoms with Gasteiger partial charge in [0.05, 0.1) is 6.61 Å². The highest BCUT2D eigenvalue weighted by Gasteiger charge is 2.40. The molecule has 1 aromatic carbocycles. The molecule has 1 N–H and O–H groups in total. The second-order valence-electron chi connectivity index (χ2n) is 4.90. The van der Waals surface area contributed by atoms with E-state index in [1.54, 1.807) is 24.3 Å². The molecule has 0 heterocycles. The van der Waals surface area contributed by atoms with Gasteiger partial charge in [-0.05, 0) is 37.5 Å². The molecule has 5 nitrogen and oxygen atoms in total. The van der Waals surface area contributed by atoms with Crippen LogP contribution in [0.25, 0.3) is 0 Å². The first-order chi connectivity index (χ1) is 9.54. The number of amides is 1. The van der Waals surface area contributed by atoms with E-state index >= 15 is 0 Å². The number of benzene rings is 1. The SMILES string of the molecule is CCOc1cccc(C(C(=O)O)N(C(C)=O)C2CC2)c1. The lowest BCUT2D eigenvalue weighted by Crippen LogP contribution is -2.39. The van der Waals surface area contributed by atoms with E-state index in [4.69, 9.17) is 4.74 Å². The number of rotatable bonds is 6. The van der Waals surface area contributed by atoms with Crippen LogP contribution in [0.4, 0.5) is 0 Å². The number of carboxylic acid groups (broad SMARTS) is 1. The van der Waals surface area contributed by atoms with E-state index in [0.29, 0.717) is 17.9 Å². The average molecular weight is 277 g/mol. The van der Waals surface area contributed by atoms with Crippen molar-refractivity contribution in [3.8, 4) is 5.75 Å². The molecule has 1 atom stereocenters. The molecule has 2 rings (SSSR count). The summed E-state index contributed by atoms with van der Waals surface area (Å²) in [6.07, 6.45) is 1.74. The van der Waals surface area contributed by atoms with Gasteiger partial charge in [-0.1, -0.05) is 12.1 Å². The molecule has 20 heavy (non-hydrogen) atoms. The molecular formula is C15H19NO4. The second-order valence-corrected chi connectivity index (χ2v) is 4.90. The van der Waals surface area contributed by atoms with E-state index in [1.165, 1.54) is 11.8 Å². The fraction of sp³-hybridized carbons (Fsp3) is 0.467. The minimum atomic E-state index is -1.01. The van der Waals surface area contributed by atoms with Crippen molar-refractivity contribution in [2.75, 3.05) is 6.61 Å². The number of carbonyl (C=O) groups is 2. The zero-order valence-corrected chi connectivity index (χ0v) is 11.7. The van der Waals surface area contributed by atoms with Crippen LogP contribution in [-0.4, -0.2) is 34.5 Å². The zero-order valence-electron chi connectivity index (χ0n) is 11.7. The number of carbonyl (C=O) groups excluding carboxylic acids is 1. The van der Waals surface area contributed by atoms with E-state index in [9.17, 15) is 14.7 Å². The normalized spacial score (nSPS) is 15.5. The minimum Gasteiger partial charge on any atom is -0.494 e. The lowest BCUT2D eigenvalue weighted by Gasteiger charge is -2.28. The van der Waals surface area contributed by atoms with Gasteiger partial charge in [0, 0.05) is 13.0 Å². The van der Waals surface area contributed by atoms with Gasteiger partial charge in [-0.25, -0.2) is 4.79 Å². The summed E-state index contributed by atoms with van der Waals surface area (Å²) in [5.41, 5.74) is 0.575. The first-order valence-corrected chi connectivity index (χ1v) is 6.79. The Bertz CT molecular complexity index is 510. The third-order valence-electron chi connectivity index (χ3n) is 3.30. The van der Waals surface area contributed by atoms with Crippen LogP contribution in [-0.2, 0) is 9.59 Å². The molecular weight excluding hydrogens is 258 g/mol. The zero-order chi connectivity index (χ0) is 14.7. The van der Waals surface area contributed by atoms with Crippen LogP contribution in [0.3, 0.4) is 0 Å². The maximum atomic E-state index is 11.8. The molecule has 1 aromatic rings. The monoisotopic (exact) mass is 277 g/mol. The Hall–Kier alpha value is -2.04. The van der Waals surface area contributed by atoms with Crippen LogP contribution < -0.4 is 4.74 Å². The van der Waals surface area contributed by atoms with Crippen molar-refractivity contribution in [3.05, 3.63) is 29.8 Å². The van der Waals surface area contributed by atoms with E-state index in [1.807, 2.05) is 6.92 Å². The molecule has 0 radical (unpaired) electrons. The van der Waals surface area contributed by atoms with E-state index in [0.717, 1.165) is 12.8 Å². The lowest BCUT2D eigenvalue weighted by molar-refractivity contribution is -0.150. The molecule has 0 aliphatic heterocycles. The largest absolute Gasteiger partial charge is 0.494 e. The third-order valence-corrected chi connectivity index (χ3v) is 3.30. The Labute approximate surface area is 118 Å². The molecule has 108 valence electrons. The summed E-state index contributed by atoms with van der Waals surface area (Å²) in [5.74, 6) is -0.599. The summed E-state index contributed by atoms with van der Waals surface area (Å²) in [4.78, 5) is 24.9. The van der Waals surface area contributed by atoms with Gasteiger partial charge in [0.1, 0.15) is 5.75 Å². The first kappa shape index (κ1) is 14.4. The lowest BCUT2D eigenvalue weighted by atomic mass is 10.0. The van der Waals surface area contributed by atoms with E-state index in [-0.39, 0.29) is 11.9 Å². The quantitative estimate of drug-likeness (QED) is 0.865. The summed E-state index contributed by atoms with van der Waals surface area (Å²) >= 11 is 0. The number of ether oxygens (including phenoxy) is 1. The smallest absolute Gasteiger partial charge is 0.331 e. The Morgan fingerprint density at radius 2 is 2.15 bits per heavy atom. The second kappa shape index (κ2) is 5.94. The third kappa shape index (κ3) is 3.10. The highest BCUT2D eigenvalue weighted by Crippen LogP contribution is 2.35. The van der Waals surface area contributed by atoms with Crippen molar-refractivity contribution in [2.45, 2.75) is 38.8 Å².